The lowest BCUT2D eigenvalue weighted by atomic mass is 9.93. The molecule has 26 heavy (non-hydrogen) atoms. The molecule has 1 saturated carbocycles. The molecule has 146 valence electrons. The second kappa shape index (κ2) is 7.42. The Balaban J connectivity index is 2.51. The van der Waals surface area contributed by atoms with Gasteiger partial charge in [0.2, 0.25) is 11.7 Å². The van der Waals surface area contributed by atoms with Crippen molar-refractivity contribution in [3.05, 3.63) is 16.0 Å². The fourth-order valence-electron chi connectivity index (χ4n) is 2.36. The summed E-state index contributed by atoms with van der Waals surface area (Å²) in [6.45, 7) is 12.9. The molecule has 8 heteroatoms. The molecule has 1 heterocycles. The van der Waals surface area contributed by atoms with E-state index in [1.807, 2.05) is 6.92 Å². The van der Waals surface area contributed by atoms with E-state index in [9.17, 15) is 9.59 Å². The maximum Gasteiger partial charge on any atom is 0.296 e. The van der Waals surface area contributed by atoms with E-state index in [2.05, 4.69) is 49.5 Å². The fourth-order valence-corrected chi connectivity index (χ4v) is 3.36. The van der Waals surface area contributed by atoms with Crippen molar-refractivity contribution in [1.82, 2.24) is 14.9 Å². The highest BCUT2D eigenvalue weighted by Crippen LogP contribution is 2.37. The molecule has 1 aliphatic carbocycles. The second-order valence-electron chi connectivity index (χ2n) is 8.47. The monoisotopic (exact) mass is 380 g/mol. The molecule has 0 bridgehead atoms. The molecule has 0 aromatic carbocycles. The van der Waals surface area contributed by atoms with E-state index in [-0.39, 0.29) is 34.0 Å². The van der Waals surface area contributed by atoms with Gasteiger partial charge in [-0.15, -0.1) is 0 Å². The van der Waals surface area contributed by atoms with Gasteiger partial charge in [0.05, 0.1) is 0 Å². The van der Waals surface area contributed by atoms with Crippen LogP contribution in [0.1, 0.15) is 57.4 Å². The summed E-state index contributed by atoms with van der Waals surface area (Å²) in [4.78, 5) is 30.2. The highest BCUT2D eigenvalue weighted by molar-refractivity contribution is 6.74. The van der Waals surface area contributed by atoms with E-state index < -0.39 is 8.32 Å². The summed E-state index contributed by atoms with van der Waals surface area (Å²) in [5, 5.41) is 5.92. The zero-order chi connectivity index (χ0) is 19.7. The van der Waals surface area contributed by atoms with E-state index in [0.717, 1.165) is 19.3 Å². The van der Waals surface area contributed by atoms with E-state index >= 15 is 0 Å². The minimum Gasteiger partial charge on any atom is -0.538 e. The second-order valence-corrected chi connectivity index (χ2v) is 13.2. The van der Waals surface area contributed by atoms with Gasteiger partial charge in [-0.1, -0.05) is 20.8 Å². The predicted molar refractivity (Wildman–Crippen MR) is 107 cm³/mol. The molecule has 1 aromatic rings. The Morgan fingerprint density at radius 3 is 2.42 bits per heavy atom. The molecule has 2 rings (SSSR count). The number of hydrogen-bond donors (Lipinski definition) is 2. The van der Waals surface area contributed by atoms with Crippen molar-refractivity contribution in [2.75, 3.05) is 11.9 Å². The average molecular weight is 381 g/mol. The van der Waals surface area contributed by atoms with Gasteiger partial charge >= 0.3 is 0 Å². The molecule has 0 saturated heterocycles. The number of aromatic nitrogens is 2. The Kier molecular flexibility index (Phi) is 5.84. The molecular weight excluding hydrogens is 348 g/mol. The van der Waals surface area contributed by atoms with E-state index in [1.54, 1.807) is 7.05 Å². The van der Waals surface area contributed by atoms with Gasteiger partial charge < -0.3 is 15.1 Å². The van der Waals surface area contributed by atoms with Crippen molar-refractivity contribution in [1.29, 1.82) is 0 Å². The van der Waals surface area contributed by atoms with E-state index in [1.165, 1.54) is 4.57 Å². The van der Waals surface area contributed by atoms with Gasteiger partial charge in [0.25, 0.3) is 19.8 Å². The van der Waals surface area contributed by atoms with Gasteiger partial charge in [-0.2, -0.15) is 0 Å². The van der Waals surface area contributed by atoms with Crippen molar-refractivity contribution in [2.24, 2.45) is 7.05 Å². The normalized spacial score (nSPS) is 15.3. The fraction of sp³-hybridized carbons (Fsp3) is 0.722. The highest BCUT2D eigenvalue weighted by Gasteiger charge is 2.41. The van der Waals surface area contributed by atoms with E-state index in [0.29, 0.717) is 12.5 Å². The van der Waals surface area contributed by atoms with Crippen molar-refractivity contribution in [2.45, 2.75) is 71.1 Å². The quantitative estimate of drug-likeness (QED) is 0.741. The summed E-state index contributed by atoms with van der Waals surface area (Å²) in [5.41, 5.74) is -0.250. The predicted octanol–water partition coefficient (Wildman–Crippen LogP) is 2.88. The number of nitrogens with one attached hydrogen (secondary N) is 2. The van der Waals surface area contributed by atoms with Crippen LogP contribution < -0.4 is 20.6 Å². The number of rotatable bonds is 6. The standard InChI is InChI=1S/C18H32N4O3Si/c1-8-19-17-21-13(15(23)20-12-10-9-11-12)14(16(24)22(17)5)25-26(6,7)18(2,3)4/h12H,8-11H2,1-7H3,(H,19,21)(H,20,23). The van der Waals surface area contributed by atoms with Crippen LogP contribution in [0.5, 0.6) is 5.75 Å². The number of anilines is 1. The van der Waals surface area contributed by atoms with Gasteiger partial charge in [0.1, 0.15) is 0 Å². The number of nitrogens with zero attached hydrogens (tertiary/aromatic N) is 2. The molecule has 1 aromatic heterocycles. The molecule has 0 unspecified atom stereocenters. The maximum absolute atomic E-state index is 13.0. The number of carbonyl (C=O) groups excluding carboxylic acids is 1. The molecule has 7 nitrogen and oxygen atoms in total. The topological polar surface area (TPSA) is 85.2 Å². The van der Waals surface area contributed by atoms with Crippen molar-refractivity contribution in [3.63, 3.8) is 0 Å². The van der Waals surface area contributed by atoms with Crippen LogP contribution >= 0.6 is 0 Å². The summed E-state index contributed by atoms with van der Waals surface area (Å²) < 4.78 is 7.66. The van der Waals surface area contributed by atoms with Crippen molar-refractivity contribution >= 4 is 20.2 Å². The van der Waals surface area contributed by atoms with Crippen LogP contribution in [0.2, 0.25) is 18.1 Å². The minimum absolute atomic E-state index is 0.0672. The maximum atomic E-state index is 13.0. The van der Waals surface area contributed by atoms with Gasteiger partial charge in [-0.25, -0.2) is 4.98 Å². The average Bonchev–Trinajstić information content (AvgIpc) is 2.49. The van der Waals surface area contributed by atoms with Gasteiger partial charge in [0, 0.05) is 19.6 Å². The van der Waals surface area contributed by atoms with Crippen LogP contribution in [0.3, 0.4) is 0 Å². The van der Waals surface area contributed by atoms with Crippen LogP contribution in [0.4, 0.5) is 5.95 Å². The molecule has 0 spiro atoms. The third kappa shape index (κ3) is 4.11. The van der Waals surface area contributed by atoms with E-state index in [4.69, 9.17) is 4.43 Å². The van der Waals surface area contributed by atoms with Crippen LogP contribution in [0.25, 0.3) is 0 Å². The molecular formula is C18H32N4O3Si. The Bertz CT molecular complexity index is 733. The van der Waals surface area contributed by atoms with Crippen LogP contribution in [0.15, 0.2) is 4.79 Å². The molecule has 0 aliphatic heterocycles. The number of amides is 1. The molecule has 1 aliphatic rings. The third-order valence-corrected chi connectivity index (χ3v) is 9.73. The first-order chi connectivity index (χ1) is 12.0. The Hall–Kier alpha value is -1.83. The Morgan fingerprint density at radius 1 is 1.35 bits per heavy atom. The number of carbonyl (C=O) groups is 1. The minimum atomic E-state index is -2.30. The Morgan fingerprint density at radius 2 is 1.96 bits per heavy atom. The van der Waals surface area contributed by atoms with Crippen LogP contribution in [0, 0.1) is 0 Å². The largest absolute Gasteiger partial charge is 0.538 e. The lowest BCUT2D eigenvalue weighted by Gasteiger charge is -2.36. The zero-order valence-corrected chi connectivity index (χ0v) is 18.0. The molecule has 1 fully saturated rings. The SMILES string of the molecule is CCNc1nc(C(=O)NC2CCC2)c(O[Si](C)(C)C(C)(C)C)c(=O)n1C. The number of hydrogen-bond acceptors (Lipinski definition) is 5. The summed E-state index contributed by atoms with van der Waals surface area (Å²) in [5.74, 6) is 0.108. The first-order valence-corrected chi connectivity index (χ1v) is 12.2. The summed E-state index contributed by atoms with van der Waals surface area (Å²) in [6.07, 6.45) is 3.05. The Labute approximate surface area is 156 Å². The summed E-state index contributed by atoms with van der Waals surface area (Å²) in [7, 11) is -0.663. The van der Waals surface area contributed by atoms with Gasteiger partial charge in [-0.3, -0.25) is 14.2 Å². The van der Waals surface area contributed by atoms with Crippen molar-refractivity contribution < 1.29 is 9.22 Å². The van der Waals surface area contributed by atoms with Crippen molar-refractivity contribution in [3.8, 4) is 5.75 Å². The first-order valence-electron chi connectivity index (χ1n) is 9.32. The molecule has 0 atom stereocenters. The third-order valence-electron chi connectivity index (χ3n) is 5.40. The van der Waals surface area contributed by atoms with Crippen LogP contribution in [-0.2, 0) is 7.05 Å². The molecule has 1 amide bonds. The summed E-state index contributed by atoms with van der Waals surface area (Å²) >= 11 is 0. The zero-order valence-electron chi connectivity index (χ0n) is 17.0. The molecule has 2 N–H and O–H groups in total. The lowest BCUT2D eigenvalue weighted by Crippen LogP contribution is -2.47. The first kappa shape index (κ1) is 20.5. The van der Waals surface area contributed by atoms with Gasteiger partial charge in [-0.05, 0) is 44.3 Å². The smallest absolute Gasteiger partial charge is 0.296 e. The lowest BCUT2D eigenvalue weighted by molar-refractivity contribution is 0.0909. The summed E-state index contributed by atoms with van der Waals surface area (Å²) in [6, 6.07) is 0.164. The molecule has 0 radical (unpaired) electrons. The van der Waals surface area contributed by atoms with Gasteiger partial charge in [0.15, 0.2) is 5.69 Å². The highest BCUT2D eigenvalue weighted by atomic mass is 28.4. The van der Waals surface area contributed by atoms with Crippen LogP contribution in [-0.4, -0.2) is 36.4 Å².